The van der Waals surface area contributed by atoms with Crippen LogP contribution in [0, 0.1) is 18.3 Å². The molecule has 2 fully saturated rings. The molecule has 8 heteroatoms. The van der Waals surface area contributed by atoms with Gasteiger partial charge in [-0.25, -0.2) is 4.98 Å². The number of hydrogen-bond donors (Lipinski definition) is 1. The van der Waals surface area contributed by atoms with Crippen LogP contribution in [-0.2, 0) is 12.7 Å². The molecule has 0 aliphatic heterocycles. The fourth-order valence-electron chi connectivity index (χ4n) is 6.47. The van der Waals surface area contributed by atoms with E-state index in [0.29, 0.717) is 28.3 Å². The summed E-state index contributed by atoms with van der Waals surface area (Å²) in [6, 6.07) is 10.6. The summed E-state index contributed by atoms with van der Waals surface area (Å²) in [6.07, 6.45) is 13.5. The molecule has 0 spiro atoms. The minimum Gasteiger partial charge on any atom is -0.389 e. The molecule has 270 valence electrons. The molecule has 0 atom stereocenters. The van der Waals surface area contributed by atoms with Crippen molar-refractivity contribution in [1.82, 2.24) is 20.1 Å². The number of allylic oxidation sites excluding steroid dienone is 2. The molecule has 0 amide bonds. The average molecular weight is 680 g/mol. The first-order valence-electron chi connectivity index (χ1n) is 18.1. The maximum atomic E-state index is 12.7. The first-order valence-corrected chi connectivity index (χ1v) is 18.1. The van der Waals surface area contributed by atoms with Gasteiger partial charge in [0.15, 0.2) is 0 Å². The molecule has 5 nitrogen and oxygen atoms in total. The number of pyridine rings is 1. The summed E-state index contributed by atoms with van der Waals surface area (Å²) in [4.78, 5) is 6.29. The van der Waals surface area contributed by atoms with Crippen molar-refractivity contribution < 1.29 is 13.2 Å². The molecule has 2 heterocycles. The smallest absolute Gasteiger partial charge is 0.389 e. The van der Waals surface area contributed by atoms with E-state index in [0.717, 1.165) is 49.3 Å². The van der Waals surface area contributed by atoms with Crippen molar-refractivity contribution >= 4 is 5.82 Å². The fourth-order valence-corrected chi connectivity index (χ4v) is 6.47. The molecule has 0 radical (unpaired) electrons. The van der Waals surface area contributed by atoms with Gasteiger partial charge in [0, 0.05) is 42.9 Å². The van der Waals surface area contributed by atoms with Crippen molar-refractivity contribution in [2.45, 2.75) is 124 Å². The average Bonchev–Trinajstić information content (AvgIpc) is 3.60. The van der Waals surface area contributed by atoms with Crippen molar-refractivity contribution in [3.8, 4) is 11.1 Å². The van der Waals surface area contributed by atoms with Crippen LogP contribution < -0.4 is 10.2 Å². The number of rotatable bonds is 8. The van der Waals surface area contributed by atoms with Crippen molar-refractivity contribution in [2.24, 2.45) is 11.3 Å². The van der Waals surface area contributed by atoms with E-state index in [-0.39, 0.29) is 4.68 Å². The third-order valence-electron chi connectivity index (χ3n) is 9.52. The van der Waals surface area contributed by atoms with Crippen LogP contribution in [0.15, 0.2) is 73.5 Å². The Bertz CT molecular complexity index is 1470. The fraction of sp³-hybridized carbons (Fsp3) is 0.561. The van der Waals surface area contributed by atoms with Gasteiger partial charge >= 0.3 is 6.30 Å². The largest absolute Gasteiger partial charge is 0.504 e. The minimum atomic E-state index is -4.51. The van der Waals surface area contributed by atoms with E-state index in [9.17, 15) is 13.2 Å². The van der Waals surface area contributed by atoms with Gasteiger partial charge < -0.3 is 10.2 Å². The first-order chi connectivity index (χ1) is 23.1. The summed E-state index contributed by atoms with van der Waals surface area (Å²) in [6.45, 7) is 22.0. The topological polar surface area (TPSA) is 46.0 Å². The number of alkyl halides is 3. The van der Waals surface area contributed by atoms with Gasteiger partial charge in [-0.3, -0.25) is 0 Å². The quantitative estimate of drug-likeness (QED) is 0.257. The van der Waals surface area contributed by atoms with E-state index in [1.54, 1.807) is 23.9 Å². The van der Waals surface area contributed by atoms with Gasteiger partial charge in [0.25, 0.3) is 0 Å². The highest BCUT2D eigenvalue weighted by Gasteiger charge is 2.31. The molecule has 1 aromatic carbocycles. The number of halogens is 3. The number of aromatic nitrogens is 3. The number of nitrogens with zero attached hydrogens (tertiary/aromatic N) is 4. The Labute approximate surface area is 294 Å². The second kappa shape index (κ2) is 18.4. The van der Waals surface area contributed by atoms with Crippen LogP contribution in [-0.4, -0.2) is 28.4 Å². The van der Waals surface area contributed by atoms with Crippen LogP contribution in [0.2, 0.25) is 0 Å². The van der Waals surface area contributed by atoms with Crippen molar-refractivity contribution in [2.75, 3.05) is 18.5 Å². The zero-order valence-corrected chi connectivity index (χ0v) is 31.1. The van der Waals surface area contributed by atoms with Gasteiger partial charge in [-0.2, -0.15) is 9.78 Å². The van der Waals surface area contributed by atoms with E-state index in [1.807, 2.05) is 18.9 Å². The van der Waals surface area contributed by atoms with Gasteiger partial charge in [0.05, 0.1) is 6.20 Å². The monoisotopic (exact) mass is 679 g/mol. The number of benzene rings is 1. The van der Waals surface area contributed by atoms with Crippen molar-refractivity contribution in [1.29, 1.82) is 0 Å². The molecule has 0 bridgehead atoms. The third kappa shape index (κ3) is 13.0. The number of anilines is 1. The van der Waals surface area contributed by atoms with Crippen LogP contribution in [0.3, 0.4) is 0 Å². The molecule has 2 aliphatic carbocycles. The minimum absolute atomic E-state index is 0.00705. The summed E-state index contributed by atoms with van der Waals surface area (Å²) in [5.74, 6) is 1.97. The lowest BCUT2D eigenvalue weighted by Gasteiger charge is -2.30. The van der Waals surface area contributed by atoms with E-state index in [2.05, 4.69) is 81.4 Å². The molecule has 2 saturated carbocycles. The zero-order chi connectivity index (χ0) is 36.2. The van der Waals surface area contributed by atoms with Gasteiger partial charge in [-0.15, -0.1) is 13.2 Å². The summed E-state index contributed by atoms with van der Waals surface area (Å²) in [5, 5.41) is 6.58. The molecule has 3 aromatic rings. The lowest BCUT2D eigenvalue weighted by Crippen LogP contribution is -2.24. The second-order valence-corrected chi connectivity index (χ2v) is 15.0. The highest BCUT2D eigenvalue weighted by atomic mass is 19.4. The van der Waals surface area contributed by atoms with Gasteiger partial charge in [0.1, 0.15) is 5.82 Å². The number of hydrogen-bond acceptors (Lipinski definition) is 4. The van der Waals surface area contributed by atoms with Crippen LogP contribution in [0.25, 0.3) is 11.1 Å². The maximum absolute atomic E-state index is 12.7. The van der Waals surface area contributed by atoms with Crippen LogP contribution in [0.5, 0.6) is 0 Å². The summed E-state index contributed by atoms with van der Waals surface area (Å²) in [5.41, 5.74) is 8.04. The Morgan fingerprint density at radius 2 is 1.57 bits per heavy atom. The van der Waals surface area contributed by atoms with E-state index < -0.39 is 6.30 Å². The molecule has 0 unspecified atom stereocenters. The highest BCUT2D eigenvalue weighted by molar-refractivity contribution is 5.66. The van der Waals surface area contributed by atoms with E-state index in [4.69, 9.17) is 0 Å². The Morgan fingerprint density at radius 1 is 0.939 bits per heavy atom. The second-order valence-electron chi connectivity index (χ2n) is 15.0. The molecular formula is C41H60F3N5. The zero-order valence-electron chi connectivity index (χ0n) is 31.1. The van der Waals surface area contributed by atoms with Crippen LogP contribution in [0.1, 0.15) is 121 Å². The van der Waals surface area contributed by atoms with Crippen LogP contribution >= 0.6 is 0 Å². The molecule has 5 rings (SSSR count). The lowest BCUT2D eigenvalue weighted by atomic mass is 9.83. The maximum Gasteiger partial charge on any atom is 0.504 e. The van der Waals surface area contributed by atoms with Gasteiger partial charge in [0.2, 0.25) is 0 Å². The number of aryl methyl sites for hydroxylation is 2. The Hall–Kier alpha value is -3.55. The predicted octanol–water partition coefficient (Wildman–Crippen LogP) is 11.7. The number of nitrogens with one attached hydrogen (secondary N) is 1. The first kappa shape index (κ1) is 39.9. The Balaban J connectivity index is 0.000000229. The Morgan fingerprint density at radius 3 is 2.08 bits per heavy atom. The molecule has 0 saturated heterocycles. The Kier molecular flexibility index (Phi) is 15.0. The van der Waals surface area contributed by atoms with Gasteiger partial charge in [-0.1, -0.05) is 97.6 Å². The third-order valence-corrected chi connectivity index (χ3v) is 9.52. The van der Waals surface area contributed by atoms with Gasteiger partial charge in [-0.05, 0) is 97.6 Å². The summed E-state index contributed by atoms with van der Waals surface area (Å²) >= 11 is 0. The standard InChI is InChI=1S/C18H21F3N4.C15H22.C8H17N/c1-13(14-6-4-3-5-7-14)24(2)17-10-15(8-9-22-17)16-11-23-25(12-16)18(19,20)21;1-3-13-9-10-15(11-12(13)2)14-7-5-4-6-8-14;1-7(2)9-6-8(3,4)5/h8-12,14H,1,3-7H2,2H3;9-11,14H,3-8H2,1-2H3;9H,1,6H2,2-5H3. The molecular weight excluding hydrogens is 619 g/mol. The molecule has 1 N–H and O–H groups in total. The van der Waals surface area contributed by atoms with Crippen molar-refractivity contribution in [3.63, 3.8) is 0 Å². The molecule has 2 aliphatic rings. The summed E-state index contributed by atoms with van der Waals surface area (Å²) < 4.78 is 38.1. The highest BCUT2D eigenvalue weighted by Crippen LogP contribution is 2.34. The van der Waals surface area contributed by atoms with E-state index in [1.165, 1.54) is 68.7 Å². The predicted molar refractivity (Wildman–Crippen MR) is 200 cm³/mol. The molecule has 2 aromatic heterocycles. The normalized spacial score (nSPS) is 15.7. The SMILES string of the molecule is C=C(C)NCC(C)(C)C.C=C(C1CCCCC1)N(C)c1cc(-c2cnn(C(F)(F)F)c2)ccn1.CCc1ccc(C2CCCCC2)cc1C. The lowest BCUT2D eigenvalue weighted by molar-refractivity contribution is -0.212. The van der Waals surface area contributed by atoms with Crippen LogP contribution in [0.4, 0.5) is 19.0 Å². The summed E-state index contributed by atoms with van der Waals surface area (Å²) in [7, 11) is 1.90. The van der Waals surface area contributed by atoms with E-state index >= 15 is 0 Å². The van der Waals surface area contributed by atoms with Crippen molar-refractivity contribution in [3.05, 3.63) is 90.2 Å². The molecule has 49 heavy (non-hydrogen) atoms.